The van der Waals surface area contributed by atoms with E-state index in [2.05, 4.69) is 4.98 Å². The summed E-state index contributed by atoms with van der Waals surface area (Å²) in [5, 5.41) is 0.540. The van der Waals surface area contributed by atoms with E-state index in [1.54, 1.807) is 13.0 Å². The molecule has 178 valence electrons. The zero-order chi connectivity index (χ0) is 24.5. The molecule has 0 N–H and O–H groups in total. The maximum atomic E-state index is 13.2. The highest BCUT2D eigenvalue weighted by Crippen LogP contribution is 2.41. The second kappa shape index (κ2) is 12.3. The van der Waals surface area contributed by atoms with Crippen molar-refractivity contribution in [1.29, 1.82) is 0 Å². The molecule has 0 amide bonds. The highest BCUT2D eigenvalue weighted by molar-refractivity contribution is 6.36. The van der Waals surface area contributed by atoms with Crippen molar-refractivity contribution in [2.45, 2.75) is 20.0 Å². The Morgan fingerprint density at radius 1 is 0.941 bits per heavy atom. The first-order chi connectivity index (χ1) is 16.4. The van der Waals surface area contributed by atoms with Crippen LogP contribution in [0.5, 0.6) is 17.2 Å². The van der Waals surface area contributed by atoms with E-state index in [9.17, 15) is 9.59 Å². The van der Waals surface area contributed by atoms with Gasteiger partial charge in [-0.05, 0) is 24.6 Å². The molecule has 2 aromatic carbocycles. The lowest BCUT2D eigenvalue weighted by atomic mass is 10.0. The van der Waals surface area contributed by atoms with Gasteiger partial charge in [0.2, 0.25) is 5.75 Å². The summed E-state index contributed by atoms with van der Waals surface area (Å²) < 4.78 is 22.1. The summed E-state index contributed by atoms with van der Waals surface area (Å²) in [6.07, 6.45) is 2.72. The third kappa shape index (κ3) is 6.40. The Morgan fingerprint density at radius 3 is 2.29 bits per heavy atom. The molecule has 9 heteroatoms. The molecule has 0 unspecified atom stereocenters. The SMILES string of the molecule is CCOc1c(OC)ccc(C(=O)Cc2c(Cl)cncc2Cl)c1OCC(=O)OCc1ccccc1. The van der Waals surface area contributed by atoms with E-state index in [-0.39, 0.29) is 52.5 Å². The van der Waals surface area contributed by atoms with Crippen molar-refractivity contribution in [1.82, 2.24) is 4.98 Å². The molecule has 34 heavy (non-hydrogen) atoms. The Bertz CT molecular complexity index is 1130. The second-order valence-corrected chi connectivity index (χ2v) is 7.84. The van der Waals surface area contributed by atoms with E-state index in [0.29, 0.717) is 11.3 Å². The largest absolute Gasteiger partial charge is 0.493 e. The van der Waals surface area contributed by atoms with Crippen molar-refractivity contribution < 1.29 is 28.5 Å². The van der Waals surface area contributed by atoms with E-state index >= 15 is 0 Å². The number of carbonyl (C=O) groups excluding carboxylic acids is 2. The maximum Gasteiger partial charge on any atom is 0.344 e. The van der Waals surface area contributed by atoms with Gasteiger partial charge in [-0.3, -0.25) is 9.78 Å². The first-order valence-corrected chi connectivity index (χ1v) is 11.2. The van der Waals surface area contributed by atoms with Gasteiger partial charge in [0.15, 0.2) is 23.9 Å². The summed E-state index contributed by atoms with van der Waals surface area (Å²) in [5.41, 5.74) is 1.46. The lowest BCUT2D eigenvalue weighted by molar-refractivity contribution is -0.147. The summed E-state index contributed by atoms with van der Waals surface area (Å²) in [5.74, 6) is -0.312. The number of methoxy groups -OCH3 is 1. The van der Waals surface area contributed by atoms with Crippen LogP contribution in [0.4, 0.5) is 0 Å². The summed E-state index contributed by atoms with van der Waals surface area (Å²) in [4.78, 5) is 29.5. The number of Topliss-reactive ketones (excluding diaryl/α,β-unsaturated/α-hetero) is 1. The van der Waals surface area contributed by atoms with Gasteiger partial charge in [0.05, 0.1) is 29.3 Å². The van der Waals surface area contributed by atoms with Crippen LogP contribution in [0.25, 0.3) is 0 Å². The number of pyridine rings is 1. The summed E-state index contributed by atoms with van der Waals surface area (Å²) in [7, 11) is 1.47. The van der Waals surface area contributed by atoms with E-state index in [1.165, 1.54) is 25.6 Å². The smallest absolute Gasteiger partial charge is 0.344 e. The second-order valence-electron chi connectivity index (χ2n) is 7.02. The quantitative estimate of drug-likeness (QED) is 0.257. The molecule has 0 fully saturated rings. The molecule has 0 radical (unpaired) electrons. The number of hydrogen-bond donors (Lipinski definition) is 0. The maximum absolute atomic E-state index is 13.2. The molecule has 0 aliphatic heterocycles. The van der Waals surface area contributed by atoms with Crippen LogP contribution in [-0.4, -0.2) is 37.1 Å². The number of ketones is 1. The zero-order valence-electron chi connectivity index (χ0n) is 18.7. The standard InChI is InChI=1S/C25H23Cl2NO6/c1-3-32-25-22(31-2)10-9-17(21(29)11-18-19(26)12-28-13-20(18)27)24(25)34-15-23(30)33-14-16-7-5-4-6-8-16/h4-10,12-13H,3,11,14-15H2,1-2H3. The third-order valence-electron chi connectivity index (χ3n) is 4.75. The Balaban J connectivity index is 1.84. The molecular formula is C25H23Cl2NO6. The van der Waals surface area contributed by atoms with E-state index in [1.807, 2.05) is 30.3 Å². The molecule has 3 rings (SSSR count). The van der Waals surface area contributed by atoms with Crippen LogP contribution in [0, 0.1) is 0 Å². The van der Waals surface area contributed by atoms with E-state index < -0.39 is 12.6 Å². The molecule has 0 saturated heterocycles. The van der Waals surface area contributed by atoms with Crippen molar-refractivity contribution in [2.75, 3.05) is 20.3 Å². The number of nitrogens with zero attached hydrogens (tertiary/aromatic N) is 1. The van der Waals surface area contributed by atoms with Crippen molar-refractivity contribution in [3.63, 3.8) is 0 Å². The van der Waals surface area contributed by atoms with Crippen LogP contribution in [0.15, 0.2) is 54.9 Å². The van der Waals surface area contributed by atoms with Gasteiger partial charge in [-0.2, -0.15) is 0 Å². The molecule has 0 bridgehead atoms. The lowest BCUT2D eigenvalue weighted by Crippen LogP contribution is -2.17. The molecule has 0 spiro atoms. The summed E-state index contributed by atoms with van der Waals surface area (Å²) >= 11 is 12.4. The van der Waals surface area contributed by atoms with Gasteiger partial charge in [0.25, 0.3) is 0 Å². The Morgan fingerprint density at radius 2 is 1.65 bits per heavy atom. The highest BCUT2D eigenvalue weighted by atomic mass is 35.5. The van der Waals surface area contributed by atoms with Gasteiger partial charge < -0.3 is 18.9 Å². The minimum Gasteiger partial charge on any atom is -0.493 e. The number of aromatic nitrogens is 1. The molecule has 0 aliphatic carbocycles. The zero-order valence-corrected chi connectivity index (χ0v) is 20.2. The molecule has 0 aliphatic rings. The highest BCUT2D eigenvalue weighted by Gasteiger charge is 2.24. The van der Waals surface area contributed by atoms with Crippen LogP contribution in [0.1, 0.15) is 28.4 Å². The Kier molecular flexibility index (Phi) is 9.13. The summed E-state index contributed by atoms with van der Waals surface area (Å²) in [6.45, 7) is 1.73. The Hall–Kier alpha value is -3.29. The fourth-order valence-electron chi connectivity index (χ4n) is 3.12. The van der Waals surface area contributed by atoms with Crippen LogP contribution < -0.4 is 14.2 Å². The number of ether oxygens (including phenoxy) is 4. The van der Waals surface area contributed by atoms with Gasteiger partial charge in [0, 0.05) is 24.4 Å². The predicted molar refractivity (Wildman–Crippen MR) is 128 cm³/mol. The predicted octanol–water partition coefficient (Wildman–Crippen LogP) is 5.34. The van der Waals surface area contributed by atoms with Crippen molar-refractivity contribution in [2.24, 2.45) is 0 Å². The molecule has 0 saturated carbocycles. The van der Waals surface area contributed by atoms with Crippen molar-refractivity contribution in [3.05, 3.63) is 81.6 Å². The fourth-order valence-corrected chi connectivity index (χ4v) is 3.62. The number of benzene rings is 2. The third-order valence-corrected chi connectivity index (χ3v) is 5.40. The average molecular weight is 504 g/mol. The van der Waals surface area contributed by atoms with Crippen molar-refractivity contribution >= 4 is 35.0 Å². The minimum absolute atomic E-state index is 0.0733. The molecular weight excluding hydrogens is 481 g/mol. The van der Waals surface area contributed by atoms with E-state index in [0.717, 1.165) is 5.56 Å². The van der Waals surface area contributed by atoms with Gasteiger partial charge in [-0.1, -0.05) is 53.5 Å². The van der Waals surface area contributed by atoms with Gasteiger partial charge in [-0.25, -0.2) is 4.79 Å². The molecule has 1 aromatic heterocycles. The number of esters is 1. The van der Waals surface area contributed by atoms with Gasteiger partial charge in [-0.15, -0.1) is 0 Å². The number of hydrogen-bond acceptors (Lipinski definition) is 7. The first-order valence-electron chi connectivity index (χ1n) is 10.4. The average Bonchev–Trinajstić information content (AvgIpc) is 2.84. The number of halogens is 2. The van der Waals surface area contributed by atoms with Crippen molar-refractivity contribution in [3.8, 4) is 17.2 Å². The van der Waals surface area contributed by atoms with Gasteiger partial charge in [0.1, 0.15) is 6.61 Å². The molecule has 0 atom stereocenters. The minimum atomic E-state index is -0.604. The van der Waals surface area contributed by atoms with Crippen LogP contribution in [0.2, 0.25) is 10.0 Å². The molecule has 7 nitrogen and oxygen atoms in total. The fraction of sp³-hybridized carbons (Fsp3) is 0.240. The normalized spacial score (nSPS) is 10.5. The number of carbonyl (C=O) groups is 2. The topological polar surface area (TPSA) is 84.0 Å². The first kappa shape index (κ1) is 25.3. The number of rotatable bonds is 11. The summed E-state index contributed by atoms with van der Waals surface area (Å²) in [6, 6.07) is 12.4. The Labute approximate surface area is 207 Å². The monoisotopic (exact) mass is 503 g/mol. The van der Waals surface area contributed by atoms with Crippen LogP contribution >= 0.6 is 23.2 Å². The van der Waals surface area contributed by atoms with E-state index in [4.69, 9.17) is 42.1 Å². The molecule has 1 heterocycles. The lowest BCUT2D eigenvalue weighted by Gasteiger charge is -2.18. The van der Waals surface area contributed by atoms with Gasteiger partial charge >= 0.3 is 5.97 Å². The molecule has 3 aromatic rings. The van der Waals surface area contributed by atoms with Crippen LogP contribution in [-0.2, 0) is 22.6 Å². The van der Waals surface area contributed by atoms with Crippen LogP contribution in [0.3, 0.4) is 0 Å².